The molecule has 0 aliphatic rings. The van der Waals surface area contributed by atoms with Crippen LogP contribution in [0.25, 0.3) is 0 Å². The first-order chi connectivity index (χ1) is 9.20. The van der Waals surface area contributed by atoms with Crippen LogP contribution in [0, 0.1) is 11.8 Å². The van der Waals surface area contributed by atoms with Crippen molar-refractivity contribution in [3.8, 4) is 11.8 Å². The lowest BCUT2D eigenvalue weighted by atomic mass is 10.2. The first kappa shape index (κ1) is 13.5. The minimum absolute atomic E-state index is 0.225. The van der Waals surface area contributed by atoms with Gasteiger partial charge in [-0.1, -0.05) is 27.9 Å². The van der Waals surface area contributed by atoms with E-state index in [0.29, 0.717) is 21.2 Å². The predicted octanol–water partition coefficient (Wildman–Crippen LogP) is 1.79. The van der Waals surface area contributed by atoms with Gasteiger partial charge in [-0.15, -0.1) is 5.10 Å². The van der Waals surface area contributed by atoms with Crippen molar-refractivity contribution < 1.29 is 9.90 Å². The first-order valence-electron chi connectivity index (χ1n) is 5.18. The molecule has 0 aliphatic carbocycles. The van der Waals surface area contributed by atoms with Gasteiger partial charge in [0.05, 0.1) is 16.9 Å². The maximum Gasteiger partial charge on any atom is 0.269 e. The van der Waals surface area contributed by atoms with Crippen molar-refractivity contribution >= 4 is 34.7 Å². The van der Waals surface area contributed by atoms with Crippen LogP contribution >= 0.6 is 23.1 Å². The summed E-state index contributed by atoms with van der Waals surface area (Å²) in [5.74, 6) is 4.93. The van der Waals surface area contributed by atoms with Gasteiger partial charge in [0, 0.05) is 5.56 Å². The number of carbonyl (C=O) groups is 1. The zero-order valence-corrected chi connectivity index (χ0v) is 11.1. The van der Waals surface area contributed by atoms with Crippen LogP contribution < -0.4 is 5.32 Å². The van der Waals surface area contributed by atoms with Crippen LogP contribution in [0.3, 0.4) is 0 Å². The number of aliphatic hydroxyl groups excluding tert-OH is 1. The van der Waals surface area contributed by atoms with Crippen molar-refractivity contribution in [3.63, 3.8) is 0 Å². The van der Waals surface area contributed by atoms with Gasteiger partial charge in [-0.05, 0) is 29.7 Å². The molecule has 0 radical (unpaired) electrons. The van der Waals surface area contributed by atoms with E-state index in [0.717, 1.165) is 11.5 Å². The number of halogens is 1. The van der Waals surface area contributed by atoms with Gasteiger partial charge < -0.3 is 10.4 Å². The number of amides is 1. The smallest absolute Gasteiger partial charge is 0.269 e. The summed E-state index contributed by atoms with van der Waals surface area (Å²) in [7, 11) is 0. The minimum atomic E-state index is -0.329. The lowest BCUT2D eigenvalue weighted by Gasteiger charge is -2.06. The zero-order valence-electron chi connectivity index (χ0n) is 9.55. The van der Waals surface area contributed by atoms with E-state index in [1.54, 1.807) is 18.2 Å². The van der Waals surface area contributed by atoms with Gasteiger partial charge in [-0.3, -0.25) is 4.79 Å². The normalized spacial score (nSPS) is 9.58. The molecule has 0 saturated heterocycles. The summed E-state index contributed by atoms with van der Waals surface area (Å²) in [4.78, 5) is 12.2. The molecule has 0 atom stereocenters. The van der Waals surface area contributed by atoms with Gasteiger partial charge in [0.2, 0.25) is 0 Å². The summed E-state index contributed by atoms with van der Waals surface area (Å²) in [6, 6.07) is 4.97. The van der Waals surface area contributed by atoms with Crippen molar-refractivity contribution in [2.24, 2.45) is 0 Å². The second-order valence-corrected chi connectivity index (χ2v) is 4.58. The Balaban J connectivity index is 2.22. The fraction of sp³-hybridized carbons (Fsp3) is 0.0833. The number of nitrogens with one attached hydrogen (secondary N) is 1. The van der Waals surface area contributed by atoms with E-state index in [9.17, 15) is 4.79 Å². The molecule has 2 rings (SSSR count). The molecule has 1 aromatic carbocycles. The molecule has 1 heterocycles. The number of aromatic nitrogens is 2. The standard InChI is InChI=1S/C12H8ClN3O2S/c13-9-4-3-8(2-1-5-17)6-10(9)15-12(18)11-7-14-16-19-11/h3-4,6-7,17H,5H2,(H,15,18). The number of hydrogen-bond acceptors (Lipinski definition) is 5. The number of benzene rings is 1. The quantitative estimate of drug-likeness (QED) is 0.828. The molecule has 2 aromatic rings. The summed E-state index contributed by atoms with van der Waals surface area (Å²) >= 11 is 6.99. The average molecular weight is 294 g/mol. The Labute approximate surface area is 118 Å². The van der Waals surface area contributed by atoms with Crippen LogP contribution in [0.15, 0.2) is 24.4 Å². The van der Waals surface area contributed by atoms with E-state index in [1.165, 1.54) is 6.20 Å². The first-order valence-corrected chi connectivity index (χ1v) is 6.34. The topological polar surface area (TPSA) is 75.1 Å². The highest BCUT2D eigenvalue weighted by Crippen LogP contribution is 2.23. The largest absolute Gasteiger partial charge is 0.384 e. The molecular formula is C12H8ClN3O2S. The Morgan fingerprint density at radius 3 is 3.05 bits per heavy atom. The summed E-state index contributed by atoms with van der Waals surface area (Å²) in [5, 5.41) is 15.3. The Kier molecular flexibility index (Phi) is 4.47. The fourth-order valence-corrected chi connectivity index (χ4v) is 1.87. The minimum Gasteiger partial charge on any atom is -0.384 e. The maximum absolute atomic E-state index is 11.8. The van der Waals surface area contributed by atoms with Gasteiger partial charge in [0.15, 0.2) is 0 Å². The molecule has 2 N–H and O–H groups in total. The lowest BCUT2D eigenvalue weighted by Crippen LogP contribution is -2.10. The fourth-order valence-electron chi connectivity index (χ4n) is 1.29. The van der Waals surface area contributed by atoms with Crippen molar-refractivity contribution in [3.05, 3.63) is 39.9 Å². The highest BCUT2D eigenvalue weighted by atomic mass is 35.5. The van der Waals surface area contributed by atoms with Crippen LogP contribution in [0.5, 0.6) is 0 Å². The number of rotatable bonds is 2. The highest BCUT2D eigenvalue weighted by Gasteiger charge is 2.11. The molecule has 1 amide bonds. The van der Waals surface area contributed by atoms with Crippen LogP contribution in [0.1, 0.15) is 15.2 Å². The van der Waals surface area contributed by atoms with E-state index >= 15 is 0 Å². The van der Waals surface area contributed by atoms with Crippen molar-refractivity contribution in [2.45, 2.75) is 0 Å². The molecule has 0 bridgehead atoms. The van der Waals surface area contributed by atoms with Crippen molar-refractivity contribution in [1.82, 2.24) is 9.59 Å². The van der Waals surface area contributed by atoms with Gasteiger partial charge in [-0.2, -0.15) is 0 Å². The third-order valence-electron chi connectivity index (χ3n) is 2.11. The number of nitrogens with zero attached hydrogens (tertiary/aromatic N) is 2. The number of aliphatic hydroxyl groups is 1. The second-order valence-electron chi connectivity index (χ2n) is 3.39. The van der Waals surface area contributed by atoms with Crippen LogP contribution in [0.2, 0.25) is 5.02 Å². The maximum atomic E-state index is 11.8. The summed E-state index contributed by atoms with van der Waals surface area (Å²) in [5.41, 5.74) is 1.10. The number of anilines is 1. The predicted molar refractivity (Wildman–Crippen MR) is 73.3 cm³/mol. The Hall–Kier alpha value is -1.94. The zero-order chi connectivity index (χ0) is 13.7. The number of carbonyl (C=O) groups excluding carboxylic acids is 1. The monoisotopic (exact) mass is 293 g/mol. The molecule has 1 aromatic heterocycles. The molecule has 19 heavy (non-hydrogen) atoms. The van der Waals surface area contributed by atoms with E-state index in [2.05, 4.69) is 26.7 Å². The molecular weight excluding hydrogens is 286 g/mol. The summed E-state index contributed by atoms with van der Waals surface area (Å²) in [6.45, 7) is -0.225. The molecule has 7 heteroatoms. The average Bonchev–Trinajstić information content (AvgIpc) is 2.93. The molecule has 0 fully saturated rings. The molecule has 0 saturated carbocycles. The number of hydrogen-bond donors (Lipinski definition) is 2. The molecule has 0 unspecified atom stereocenters. The van der Waals surface area contributed by atoms with E-state index in [4.69, 9.17) is 16.7 Å². The van der Waals surface area contributed by atoms with Gasteiger partial charge in [0.25, 0.3) is 5.91 Å². The van der Waals surface area contributed by atoms with Crippen molar-refractivity contribution in [1.29, 1.82) is 0 Å². The SMILES string of the molecule is O=C(Nc1cc(C#CCO)ccc1Cl)c1cnns1. The third kappa shape index (κ3) is 3.51. The Bertz CT molecular complexity index is 647. The molecule has 0 aliphatic heterocycles. The molecule has 0 spiro atoms. The van der Waals surface area contributed by atoms with Gasteiger partial charge >= 0.3 is 0 Å². The third-order valence-corrected chi connectivity index (χ3v) is 3.10. The highest BCUT2D eigenvalue weighted by molar-refractivity contribution is 7.07. The van der Waals surface area contributed by atoms with Crippen LogP contribution in [-0.4, -0.2) is 27.2 Å². The Morgan fingerprint density at radius 1 is 1.53 bits per heavy atom. The van der Waals surface area contributed by atoms with Gasteiger partial charge in [-0.25, -0.2) is 0 Å². The molecule has 5 nitrogen and oxygen atoms in total. The second kappa shape index (κ2) is 6.29. The van der Waals surface area contributed by atoms with E-state index in [-0.39, 0.29) is 12.5 Å². The van der Waals surface area contributed by atoms with Gasteiger partial charge in [0.1, 0.15) is 11.5 Å². The lowest BCUT2D eigenvalue weighted by molar-refractivity contribution is 0.103. The van der Waals surface area contributed by atoms with E-state index < -0.39 is 0 Å². The summed E-state index contributed by atoms with van der Waals surface area (Å²) < 4.78 is 3.61. The Morgan fingerprint density at radius 2 is 2.37 bits per heavy atom. The summed E-state index contributed by atoms with van der Waals surface area (Å²) in [6.07, 6.45) is 1.38. The van der Waals surface area contributed by atoms with Crippen LogP contribution in [0.4, 0.5) is 5.69 Å². The van der Waals surface area contributed by atoms with Crippen molar-refractivity contribution in [2.75, 3.05) is 11.9 Å². The van der Waals surface area contributed by atoms with E-state index in [1.807, 2.05) is 0 Å². The molecule has 96 valence electrons. The van der Waals surface area contributed by atoms with Crippen LogP contribution in [-0.2, 0) is 0 Å².